The number of nitrogens with one attached hydrogen (secondary N) is 3. The first kappa shape index (κ1) is 18.3. The van der Waals surface area contributed by atoms with Crippen molar-refractivity contribution in [2.75, 3.05) is 35.2 Å². The second-order valence-electron chi connectivity index (χ2n) is 7.41. The predicted octanol–water partition coefficient (Wildman–Crippen LogP) is 3.01. The molecule has 0 bridgehead atoms. The Morgan fingerprint density at radius 1 is 1.21 bits per heavy atom. The lowest BCUT2D eigenvalue weighted by Crippen LogP contribution is -2.38. The molecule has 3 N–H and O–H groups in total. The van der Waals surface area contributed by atoms with Gasteiger partial charge in [0.25, 0.3) is 5.91 Å². The third kappa shape index (κ3) is 3.67. The summed E-state index contributed by atoms with van der Waals surface area (Å²) in [5.41, 5.74) is 4.65. The van der Waals surface area contributed by atoms with Crippen molar-refractivity contribution >= 4 is 28.9 Å². The quantitative estimate of drug-likeness (QED) is 0.700. The fraction of sp³-hybridized carbons (Fsp3) is 0.364. The molecule has 1 unspecified atom stereocenters. The number of carbonyl (C=O) groups excluding carboxylic acids is 2. The smallest absolute Gasteiger partial charge is 0.253 e. The van der Waals surface area contributed by atoms with E-state index in [2.05, 4.69) is 45.1 Å². The summed E-state index contributed by atoms with van der Waals surface area (Å²) in [4.78, 5) is 26.9. The molecule has 28 heavy (non-hydrogen) atoms. The van der Waals surface area contributed by atoms with E-state index in [-0.39, 0.29) is 17.9 Å². The van der Waals surface area contributed by atoms with Crippen molar-refractivity contribution in [2.24, 2.45) is 0 Å². The summed E-state index contributed by atoms with van der Waals surface area (Å²) in [6.45, 7) is 4.39. The Morgan fingerprint density at radius 3 is 2.96 bits per heavy atom. The van der Waals surface area contributed by atoms with E-state index in [1.54, 1.807) is 25.1 Å². The highest BCUT2D eigenvalue weighted by Crippen LogP contribution is 2.30. The average molecular weight is 378 g/mol. The van der Waals surface area contributed by atoms with E-state index < -0.39 is 0 Å². The number of benzene rings is 2. The van der Waals surface area contributed by atoms with Gasteiger partial charge in [0.1, 0.15) is 6.04 Å². The largest absolute Gasteiger partial charge is 0.372 e. The zero-order chi connectivity index (χ0) is 19.5. The monoisotopic (exact) mass is 378 g/mol. The molecule has 2 aromatic carbocycles. The van der Waals surface area contributed by atoms with Crippen LogP contribution in [0.1, 0.15) is 35.7 Å². The molecule has 4 rings (SSSR count). The molecular formula is C22H26N4O2. The maximum Gasteiger partial charge on any atom is 0.253 e. The van der Waals surface area contributed by atoms with Crippen LogP contribution < -0.4 is 20.9 Å². The van der Waals surface area contributed by atoms with Gasteiger partial charge >= 0.3 is 0 Å². The van der Waals surface area contributed by atoms with E-state index in [9.17, 15) is 9.59 Å². The maximum absolute atomic E-state index is 12.7. The Balaban J connectivity index is 1.34. The van der Waals surface area contributed by atoms with Gasteiger partial charge in [-0.1, -0.05) is 24.3 Å². The Bertz CT molecular complexity index is 896. The standard InChI is InChI=1S/C22H26N4O2/c1-15-21(27)25-18-10-4-9-17(20(18)24-15)22(28)23-12-6-14-26-13-5-8-16-7-2-3-11-19(16)26/h2-4,7,9-11,15,24H,5-6,8,12-14H2,1H3,(H,23,28)(H,25,27). The van der Waals surface area contributed by atoms with Crippen molar-refractivity contribution in [3.63, 3.8) is 0 Å². The molecule has 0 fully saturated rings. The number of fused-ring (bicyclic) bond motifs is 2. The first-order valence-electron chi connectivity index (χ1n) is 9.95. The van der Waals surface area contributed by atoms with Crippen LogP contribution in [0.15, 0.2) is 42.5 Å². The predicted molar refractivity (Wildman–Crippen MR) is 112 cm³/mol. The summed E-state index contributed by atoms with van der Waals surface area (Å²) in [7, 11) is 0. The number of hydrogen-bond acceptors (Lipinski definition) is 4. The number of hydrogen-bond donors (Lipinski definition) is 3. The van der Waals surface area contributed by atoms with Gasteiger partial charge in [-0.25, -0.2) is 0 Å². The topological polar surface area (TPSA) is 73.5 Å². The van der Waals surface area contributed by atoms with E-state index in [1.807, 2.05) is 0 Å². The molecule has 2 aliphatic heterocycles. The normalized spacial score (nSPS) is 17.8. The molecular weight excluding hydrogens is 352 g/mol. The molecule has 0 spiro atoms. The lowest BCUT2D eigenvalue weighted by molar-refractivity contribution is -0.116. The summed E-state index contributed by atoms with van der Waals surface area (Å²) >= 11 is 0. The molecule has 0 saturated carbocycles. The second-order valence-corrected chi connectivity index (χ2v) is 7.41. The Kier molecular flexibility index (Phi) is 5.19. The van der Waals surface area contributed by atoms with Crippen LogP contribution >= 0.6 is 0 Å². The van der Waals surface area contributed by atoms with Gasteiger partial charge in [0.15, 0.2) is 0 Å². The molecule has 2 aliphatic rings. The first-order valence-corrected chi connectivity index (χ1v) is 9.95. The molecule has 0 saturated heterocycles. The molecule has 6 heteroatoms. The molecule has 0 aliphatic carbocycles. The SMILES string of the molecule is CC1Nc2c(cccc2C(=O)NCCCN2CCCc3ccccc32)NC1=O. The number of aryl methyl sites for hydroxylation is 1. The fourth-order valence-corrected chi connectivity index (χ4v) is 3.94. The Hall–Kier alpha value is -3.02. The van der Waals surface area contributed by atoms with Gasteiger partial charge in [-0.05, 0) is 49.9 Å². The van der Waals surface area contributed by atoms with Crippen molar-refractivity contribution in [3.8, 4) is 0 Å². The van der Waals surface area contributed by atoms with Crippen LogP contribution in [0.3, 0.4) is 0 Å². The summed E-state index contributed by atoms with van der Waals surface area (Å²) in [5, 5.41) is 8.99. The summed E-state index contributed by atoms with van der Waals surface area (Å²) in [6, 6.07) is 13.6. The second kappa shape index (κ2) is 7.92. The Labute approximate surface area is 165 Å². The van der Waals surface area contributed by atoms with E-state index >= 15 is 0 Å². The minimum Gasteiger partial charge on any atom is -0.372 e. The van der Waals surface area contributed by atoms with Gasteiger partial charge in [0, 0.05) is 25.3 Å². The number of amides is 2. The molecule has 2 aromatic rings. The van der Waals surface area contributed by atoms with Crippen molar-refractivity contribution in [1.29, 1.82) is 0 Å². The van der Waals surface area contributed by atoms with Crippen molar-refractivity contribution in [1.82, 2.24) is 5.32 Å². The number of nitrogens with zero attached hydrogens (tertiary/aromatic N) is 1. The highest BCUT2D eigenvalue weighted by molar-refractivity contribution is 6.09. The zero-order valence-electron chi connectivity index (χ0n) is 16.1. The van der Waals surface area contributed by atoms with Gasteiger partial charge < -0.3 is 20.9 Å². The zero-order valence-corrected chi connectivity index (χ0v) is 16.1. The van der Waals surface area contributed by atoms with Crippen molar-refractivity contribution < 1.29 is 9.59 Å². The van der Waals surface area contributed by atoms with E-state index in [0.717, 1.165) is 25.9 Å². The van der Waals surface area contributed by atoms with Crippen LogP contribution in [0.4, 0.5) is 17.1 Å². The minimum absolute atomic E-state index is 0.0909. The number of carbonyl (C=O) groups is 2. The van der Waals surface area contributed by atoms with Gasteiger partial charge in [-0.15, -0.1) is 0 Å². The third-order valence-electron chi connectivity index (χ3n) is 5.42. The number of para-hydroxylation sites is 2. The van der Waals surface area contributed by atoms with Crippen LogP contribution in [0.5, 0.6) is 0 Å². The number of anilines is 3. The molecule has 6 nitrogen and oxygen atoms in total. The highest BCUT2D eigenvalue weighted by atomic mass is 16.2. The molecule has 1 atom stereocenters. The minimum atomic E-state index is -0.361. The highest BCUT2D eigenvalue weighted by Gasteiger charge is 2.25. The molecule has 146 valence electrons. The summed E-state index contributed by atoms with van der Waals surface area (Å²) in [5.74, 6) is -0.210. The fourth-order valence-electron chi connectivity index (χ4n) is 3.94. The van der Waals surface area contributed by atoms with Gasteiger partial charge in [0.2, 0.25) is 5.91 Å². The van der Waals surface area contributed by atoms with Gasteiger partial charge in [-0.3, -0.25) is 9.59 Å². The van der Waals surface area contributed by atoms with Crippen LogP contribution in [0.25, 0.3) is 0 Å². The third-order valence-corrected chi connectivity index (χ3v) is 5.42. The maximum atomic E-state index is 12.7. The summed E-state index contributed by atoms with van der Waals surface area (Å²) < 4.78 is 0. The van der Waals surface area contributed by atoms with E-state index in [1.165, 1.54) is 17.7 Å². The van der Waals surface area contributed by atoms with Crippen LogP contribution in [0.2, 0.25) is 0 Å². The van der Waals surface area contributed by atoms with Gasteiger partial charge in [0.05, 0.1) is 16.9 Å². The van der Waals surface area contributed by atoms with Gasteiger partial charge in [-0.2, -0.15) is 0 Å². The molecule has 0 radical (unpaired) electrons. The van der Waals surface area contributed by atoms with E-state index in [4.69, 9.17) is 0 Å². The number of rotatable bonds is 5. The first-order chi connectivity index (χ1) is 13.6. The van der Waals surface area contributed by atoms with Crippen molar-refractivity contribution in [3.05, 3.63) is 53.6 Å². The van der Waals surface area contributed by atoms with Crippen LogP contribution in [-0.4, -0.2) is 37.5 Å². The Morgan fingerprint density at radius 2 is 2.07 bits per heavy atom. The average Bonchev–Trinajstić information content (AvgIpc) is 2.71. The molecule has 2 amide bonds. The van der Waals surface area contributed by atoms with E-state index in [0.29, 0.717) is 23.5 Å². The lowest BCUT2D eigenvalue weighted by atomic mass is 10.0. The molecule has 0 aromatic heterocycles. The molecule has 2 heterocycles. The van der Waals surface area contributed by atoms with Crippen molar-refractivity contribution in [2.45, 2.75) is 32.2 Å². The van der Waals surface area contributed by atoms with Crippen LogP contribution in [0, 0.1) is 0 Å². The lowest BCUT2D eigenvalue weighted by Gasteiger charge is -2.31. The van der Waals surface area contributed by atoms with Crippen LogP contribution in [-0.2, 0) is 11.2 Å². The summed E-state index contributed by atoms with van der Waals surface area (Å²) in [6.07, 6.45) is 3.20.